The van der Waals surface area contributed by atoms with Crippen LogP contribution >= 0.6 is 0 Å². The summed E-state index contributed by atoms with van der Waals surface area (Å²) in [5, 5.41) is 0. The van der Waals surface area contributed by atoms with Gasteiger partial charge in [-0.2, -0.15) is 0 Å². The van der Waals surface area contributed by atoms with Crippen molar-refractivity contribution in [3.05, 3.63) is 10.5 Å². The fraction of sp³-hybridized carbons (Fsp3) is 0. The van der Waals surface area contributed by atoms with Crippen molar-refractivity contribution in [2.24, 2.45) is 0 Å². The Labute approximate surface area is 58.4 Å². The predicted molar refractivity (Wildman–Crippen MR) is 7.84 cm³/mol. The summed E-state index contributed by atoms with van der Waals surface area (Å²) < 4.78 is 0. The van der Waals surface area contributed by atoms with Crippen molar-refractivity contribution in [1.29, 1.82) is 0 Å². The Morgan fingerprint density at radius 3 is 1.50 bits per heavy atom. The van der Waals surface area contributed by atoms with Crippen molar-refractivity contribution >= 4 is 0 Å². The fourth-order valence-electron chi connectivity index (χ4n) is 0. The van der Waals surface area contributed by atoms with Crippen LogP contribution < -0.4 is 29.6 Å². The average Bonchev–Trinajstić information content (AvgIpc) is 1.00. The molecule has 0 N–H and O–H groups in total. The molecule has 0 fully saturated rings. The van der Waals surface area contributed by atoms with Crippen LogP contribution in [0.1, 0.15) is 1.43 Å². The second kappa shape index (κ2) is 32.0. The van der Waals surface area contributed by atoms with Crippen LogP contribution in [0.3, 0.4) is 0 Å². The largest absolute Gasteiger partial charge is 1.00 e. The monoisotopic (exact) mass is 110 g/mol. The van der Waals surface area contributed by atoms with Gasteiger partial charge in [0.1, 0.15) is 0 Å². The quantitative estimate of drug-likeness (QED) is 0.316. The topological polar surface area (TPSA) is 39.4 Å². The summed E-state index contributed by atoms with van der Waals surface area (Å²) in [7, 11) is 0. The second-order valence-electron chi connectivity index (χ2n) is 0. The zero-order chi connectivity index (χ0) is 2.00. The minimum Gasteiger partial charge on any atom is -1.00 e. The van der Waals surface area contributed by atoms with Gasteiger partial charge in [-0.15, -0.1) is 0 Å². The maximum absolute atomic E-state index is 7.25. The van der Waals surface area contributed by atoms with E-state index in [4.69, 9.17) is 10.5 Å². The summed E-state index contributed by atoms with van der Waals surface area (Å²) in [6.45, 7) is 0. The van der Waals surface area contributed by atoms with Crippen molar-refractivity contribution < 1.29 is 48.1 Å². The predicted octanol–water partition coefficient (Wildman–Crippen LogP) is -2.56. The molecule has 0 aliphatic rings. The molecule has 0 aromatic rings. The third-order valence-electron chi connectivity index (χ3n) is 0. The van der Waals surface area contributed by atoms with E-state index in [1.165, 1.54) is 0 Å². The van der Waals surface area contributed by atoms with Crippen molar-refractivity contribution in [1.82, 2.24) is 0 Å². The normalized spacial score (nSPS) is 1.00. The molecule has 0 aliphatic carbocycles. The van der Waals surface area contributed by atoms with Crippen LogP contribution in [0.25, 0.3) is 5.59 Å². The third-order valence-corrected chi connectivity index (χ3v) is 0. The Balaban J connectivity index is -0.00000000167. The molecule has 0 radical (unpaired) electrons. The first-order valence-electron chi connectivity index (χ1n) is 0.183. The van der Waals surface area contributed by atoms with Crippen LogP contribution in [-0.4, -0.2) is 0 Å². The van der Waals surface area contributed by atoms with E-state index in [1.807, 2.05) is 0 Å². The van der Waals surface area contributed by atoms with Gasteiger partial charge < -0.3 is 11.9 Å². The van der Waals surface area contributed by atoms with Crippen LogP contribution in [0, 0.1) is 4.91 Å². The summed E-state index contributed by atoms with van der Waals surface area (Å²) in [4.78, 5) is 7.25. The Morgan fingerprint density at radius 2 is 1.50 bits per heavy atom. The van der Waals surface area contributed by atoms with Crippen LogP contribution in [0.2, 0.25) is 0 Å². The van der Waals surface area contributed by atoms with Crippen molar-refractivity contribution in [3.8, 4) is 0 Å². The molecule has 0 saturated carbocycles. The molecule has 0 amide bonds. The first-order chi connectivity index (χ1) is 1.00. The van der Waals surface area contributed by atoms with E-state index in [2.05, 4.69) is 0 Å². The molecule has 4 heavy (non-hydrogen) atoms. The van der Waals surface area contributed by atoms with Crippen molar-refractivity contribution in [2.75, 3.05) is 0 Å². The van der Waals surface area contributed by atoms with E-state index in [-0.39, 0.29) is 48.1 Å². The van der Waals surface area contributed by atoms with Crippen LogP contribution in [-0.2, 0) is 17.1 Å². The third kappa shape index (κ3) is 11.2. The summed E-state index contributed by atoms with van der Waals surface area (Å²) in [5.41, 5.74) is 5.75. The molecule has 4 heteroatoms. The van der Waals surface area contributed by atoms with Gasteiger partial charge in [0.15, 0.2) is 0 Å². The molecule has 0 spiro atoms. The van der Waals surface area contributed by atoms with E-state index >= 15 is 0 Å². The first-order valence-corrected chi connectivity index (χ1v) is 0.183. The molecule has 0 unspecified atom stereocenters. The zero-order valence-corrected chi connectivity index (χ0v) is 5.31. The summed E-state index contributed by atoms with van der Waals surface area (Å²) >= 11 is 0. The van der Waals surface area contributed by atoms with Crippen LogP contribution in [0.5, 0.6) is 0 Å². The zero-order valence-electron chi connectivity index (χ0n) is 3.21. The molecule has 0 aromatic carbocycles. The fourth-order valence-corrected chi connectivity index (χ4v) is 0. The maximum Gasteiger partial charge on any atom is 1.00 e. The number of hydrogen-bond acceptors (Lipinski definition) is 1. The molecule has 2 nitrogen and oxygen atoms in total. The number of rotatable bonds is 0. The van der Waals surface area contributed by atoms with Crippen molar-refractivity contribution in [3.63, 3.8) is 0 Å². The van der Waals surface area contributed by atoms with Crippen LogP contribution in [0.15, 0.2) is 0 Å². The molecule has 22 valence electrons. The standard InChI is InChI=1S/Fe.NO.Na.H/c;1-2;;/q;-1;+1;-1. The van der Waals surface area contributed by atoms with Crippen LogP contribution in [0.4, 0.5) is 0 Å². The molecule has 0 saturated heterocycles. The van der Waals surface area contributed by atoms with E-state index in [0.717, 1.165) is 0 Å². The van der Waals surface area contributed by atoms with Gasteiger partial charge in [-0.3, -0.25) is 0 Å². The minimum atomic E-state index is 0. The summed E-state index contributed by atoms with van der Waals surface area (Å²) in [6.07, 6.45) is 0. The van der Waals surface area contributed by atoms with E-state index in [0.29, 0.717) is 0 Å². The van der Waals surface area contributed by atoms with Gasteiger partial charge in [-0.1, -0.05) is 0 Å². The van der Waals surface area contributed by atoms with Gasteiger partial charge in [-0.25, -0.2) is 0 Å². The maximum atomic E-state index is 7.25. The molecular weight excluding hydrogens is 109 g/mol. The van der Waals surface area contributed by atoms with Gasteiger partial charge in [0.2, 0.25) is 0 Å². The van der Waals surface area contributed by atoms with Crippen molar-refractivity contribution in [2.45, 2.75) is 0 Å². The summed E-state index contributed by atoms with van der Waals surface area (Å²) in [6, 6.07) is 0. The minimum absolute atomic E-state index is 0. The number of hydrogen-bond donors (Lipinski definition) is 0. The molecule has 0 bridgehead atoms. The first kappa shape index (κ1) is 19.3. The molecule has 0 aromatic heterocycles. The van der Waals surface area contributed by atoms with Gasteiger partial charge in [0, 0.05) is 17.1 Å². The molecule has 0 rings (SSSR count). The van der Waals surface area contributed by atoms with E-state index in [1.54, 1.807) is 0 Å². The number of nitrogens with zero attached hydrogens (tertiary/aromatic N) is 1. The Bertz CT molecular complexity index is 11.6. The molecule has 0 aliphatic heterocycles. The van der Waals surface area contributed by atoms with E-state index < -0.39 is 0 Å². The summed E-state index contributed by atoms with van der Waals surface area (Å²) in [5.74, 6) is 0. The Hall–Kier alpha value is 1.12. The van der Waals surface area contributed by atoms with Gasteiger partial charge >= 0.3 is 29.6 Å². The van der Waals surface area contributed by atoms with E-state index in [9.17, 15) is 0 Å². The van der Waals surface area contributed by atoms with Gasteiger partial charge in [0.05, 0.1) is 0 Å². The average molecular weight is 110 g/mol. The smallest absolute Gasteiger partial charge is 1.00 e. The van der Waals surface area contributed by atoms with Gasteiger partial charge in [0.25, 0.3) is 0 Å². The molecule has 0 atom stereocenters. The second-order valence-corrected chi connectivity index (χ2v) is 0. The number of nitroso groups, excluding NO2 is 1. The SMILES string of the molecule is [Fe].[H-].[N-]=O.[Na+]. The molecule has 0 heterocycles. The Morgan fingerprint density at radius 1 is 1.50 bits per heavy atom. The van der Waals surface area contributed by atoms with Gasteiger partial charge in [-0.05, 0) is 0 Å². The Kier molecular flexibility index (Phi) is 155. The molecular formula is HFeNNaO-.